The van der Waals surface area contributed by atoms with E-state index in [1.54, 1.807) is 0 Å². The molecule has 21 heavy (non-hydrogen) atoms. The molecular weight excluding hydrogens is 406 g/mol. The highest BCUT2D eigenvalue weighted by Gasteiger charge is 2.33. The van der Waals surface area contributed by atoms with E-state index in [0.717, 1.165) is 17.4 Å². The monoisotopic (exact) mass is 417 g/mol. The number of thiophene rings is 1. The van der Waals surface area contributed by atoms with E-state index in [4.69, 9.17) is 5.11 Å². The van der Waals surface area contributed by atoms with Crippen LogP contribution < -0.4 is 4.72 Å². The molecule has 1 unspecified atom stereocenters. The van der Waals surface area contributed by atoms with Gasteiger partial charge in [0.05, 0.1) is 14.8 Å². The summed E-state index contributed by atoms with van der Waals surface area (Å²) in [5.74, 6) is -1.15. The summed E-state index contributed by atoms with van der Waals surface area (Å²) in [6, 6.07) is 1.04. The molecule has 1 aromatic rings. The van der Waals surface area contributed by atoms with Gasteiger partial charge in [-0.25, -0.2) is 26.4 Å². The third-order valence-electron chi connectivity index (χ3n) is 3.12. The van der Waals surface area contributed by atoms with E-state index in [0.29, 0.717) is 12.8 Å². The van der Waals surface area contributed by atoms with Crippen LogP contribution in [0.15, 0.2) is 14.7 Å². The van der Waals surface area contributed by atoms with E-state index in [1.807, 2.05) is 0 Å². The lowest BCUT2D eigenvalue weighted by Gasteiger charge is -2.10. The van der Waals surface area contributed by atoms with E-state index in [2.05, 4.69) is 20.7 Å². The van der Waals surface area contributed by atoms with E-state index < -0.39 is 31.1 Å². The smallest absolute Gasteiger partial charge is 0.345 e. The minimum Gasteiger partial charge on any atom is -0.477 e. The van der Waals surface area contributed by atoms with Crippen molar-refractivity contribution in [3.05, 3.63) is 14.7 Å². The van der Waals surface area contributed by atoms with Crippen molar-refractivity contribution in [2.45, 2.75) is 23.0 Å². The van der Waals surface area contributed by atoms with Crippen molar-refractivity contribution in [2.24, 2.45) is 0 Å². The summed E-state index contributed by atoms with van der Waals surface area (Å²) in [6.07, 6.45) is 0.954. The average Bonchev–Trinajstić information content (AvgIpc) is 2.90. The zero-order valence-electron chi connectivity index (χ0n) is 10.6. The molecule has 1 aromatic heterocycles. The number of hydrogen-bond donors (Lipinski definition) is 2. The van der Waals surface area contributed by atoms with Crippen LogP contribution in [0.25, 0.3) is 0 Å². The SMILES string of the molecule is O=C(O)c1cc(S(=O)(=O)NCC2CCCS2(=O)=O)c(Br)s1. The second-order valence-electron chi connectivity index (χ2n) is 4.54. The molecule has 11 heteroatoms. The third kappa shape index (κ3) is 3.65. The van der Waals surface area contributed by atoms with Gasteiger partial charge in [0.25, 0.3) is 0 Å². The van der Waals surface area contributed by atoms with Crippen LogP contribution in [0.2, 0.25) is 0 Å². The van der Waals surface area contributed by atoms with Crippen molar-refractivity contribution in [1.29, 1.82) is 0 Å². The minimum absolute atomic E-state index is 0.0741. The molecule has 0 radical (unpaired) electrons. The Balaban J connectivity index is 2.17. The molecule has 1 atom stereocenters. The molecular formula is C10H12BrNO6S3. The molecule has 0 aromatic carbocycles. The normalized spacial score (nSPS) is 21.5. The molecule has 2 rings (SSSR count). The van der Waals surface area contributed by atoms with Gasteiger partial charge < -0.3 is 5.11 Å². The molecule has 1 aliphatic heterocycles. The number of halogens is 1. The molecule has 0 saturated carbocycles. The van der Waals surface area contributed by atoms with Gasteiger partial charge in [0.1, 0.15) is 9.77 Å². The summed E-state index contributed by atoms with van der Waals surface area (Å²) < 4.78 is 50.0. The Morgan fingerprint density at radius 2 is 2.19 bits per heavy atom. The number of sulfone groups is 1. The van der Waals surface area contributed by atoms with E-state index >= 15 is 0 Å². The maximum Gasteiger partial charge on any atom is 0.345 e. The predicted octanol–water partition coefficient (Wildman–Crippen LogP) is 1.06. The predicted molar refractivity (Wildman–Crippen MR) is 81.0 cm³/mol. The van der Waals surface area contributed by atoms with Gasteiger partial charge in [-0.1, -0.05) is 0 Å². The van der Waals surface area contributed by atoms with E-state index in [-0.39, 0.29) is 25.9 Å². The Morgan fingerprint density at radius 3 is 2.67 bits per heavy atom. The van der Waals surface area contributed by atoms with E-state index in [1.165, 1.54) is 0 Å². The van der Waals surface area contributed by atoms with Gasteiger partial charge in [0, 0.05) is 6.54 Å². The lowest BCUT2D eigenvalue weighted by Crippen LogP contribution is -2.34. The average molecular weight is 418 g/mol. The summed E-state index contributed by atoms with van der Waals surface area (Å²) in [7, 11) is -7.20. The van der Waals surface area contributed by atoms with Crippen molar-refractivity contribution in [3.8, 4) is 0 Å². The first-order valence-electron chi connectivity index (χ1n) is 5.87. The Hall–Kier alpha value is -0.490. The van der Waals surface area contributed by atoms with Gasteiger partial charge in [-0.05, 0) is 34.8 Å². The van der Waals surface area contributed by atoms with Crippen molar-refractivity contribution >= 4 is 53.1 Å². The van der Waals surface area contributed by atoms with Gasteiger partial charge in [-0.2, -0.15) is 0 Å². The number of nitrogens with one attached hydrogen (secondary N) is 1. The first-order chi connectivity index (χ1) is 9.63. The highest BCUT2D eigenvalue weighted by Crippen LogP contribution is 2.31. The van der Waals surface area contributed by atoms with Crippen LogP contribution >= 0.6 is 27.3 Å². The van der Waals surface area contributed by atoms with Crippen LogP contribution in [0.4, 0.5) is 0 Å². The third-order valence-corrected chi connectivity index (χ3v) is 9.06. The Kier molecular flexibility index (Phi) is 4.78. The Morgan fingerprint density at radius 1 is 1.52 bits per heavy atom. The number of sulfonamides is 1. The second kappa shape index (κ2) is 5.95. The molecule has 2 heterocycles. The number of aromatic carboxylic acids is 1. The largest absolute Gasteiger partial charge is 0.477 e. The summed E-state index contributed by atoms with van der Waals surface area (Å²) in [5.41, 5.74) is 0. The van der Waals surface area contributed by atoms with Crippen LogP contribution in [-0.2, 0) is 19.9 Å². The number of carboxylic acid groups (broad SMARTS) is 1. The number of rotatable bonds is 5. The standard InChI is InChI=1S/C10H12BrNO6S3/c11-9-8(4-7(19-9)10(13)14)21(17,18)12-5-6-2-1-3-20(6,15)16/h4,6,12H,1-3,5H2,(H,13,14). The number of hydrogen-bond acceptors (Lipinski definition) is 6. The van der Waals surface area contributed by atoms with Crippen LogP contribution in [-0.4, -0.2) is 45.5 Å². The molecule has 2 N–H and O–H groups in total. The van der Waals surface area contributed by atoms with E-state index in [9.17, 15) is 21.6 Å². The summed E-state index contributed by atoms with van der Waals surface area (Å²) in [4.78, 5) is 10.5. The highest BCUT2D eigenvalue weighted by atomic mass is 79.9. The molecule has 0 spiro atoms. The Labute approximate surface area is 134 Å². The van der Waals surface area contributed by atoms with Crippen LogP contribution in [0.1, 0.15) is 22.5 Å². The molecule has 1 aliphatic rings. The molecule has 0 bridgehead atoms. The van der Waals surface area contributed by atoms with Gasteiger partial charge in [-0.3, -0.25) is 0 Å². The minimum atomic E-state index is -3.96. The van der Waals surface area contributed by atoms with Gasteiger partial charge in [0.15, 0.2) is 9.84 Å². The maximum absolute atomic E-state index is 12.1. The van der Waals surface area contributed by atoms with Gasteiger partial charge in [-0.15, -0.1) is 11.3 Å². The Bertz CT molecular complexity index is 767. The lowest BCUT2D eigenvalue weighted by molar-refractivity contribution is 0.0702. The van der Waals surface area contributed by atoms with Crippen LogP contribution in [0.5, 0.6) is 0 Å². The van der Waals surface area contributed by atoms with Crippen molar-refractivity contribution in [1.82, 2.24) is 4.72 Å². The lowest BCUT2D eigenvalue weighted by atomic mass is 10.2. The van der Waals surface area contributed by atoms with Gasteiger partial charge in [0.2, 0.25) is 10.0 Å². The fraction of sp³-hybridized carbons (Fsp3) is 0.500. The van der Waals surface area contributed by atoms with Crippen molar-refractivity contribution < 1.29 is 26.7 Å². The summed E-state index contributed by atoms with van der Waals surface area (Å²) in [6.45, 7) is -0.199. The number of carbonyl (C=O) groups is 1. The fourth-order valence-corrected chi connectivity index (χ4v) is 7.36. The quantitative estimate of drug-likeness (QED) is 0.739. The molecule has 1 fully saturated rings. The fourth-order valence-electron chi connectivity index (χ4n) is 2.01. The van der Waals surface area contributed by atoms with Crippen molar-refractivity contribution in [2.75, 3.05) is 12.3 Å². The zero-order chi connectivity index (χ0) is 15.8. The molecule has 118 valence electrons. The van der Waals surface area contributed by atoms with Crippen LogP contribution in [0, 0.1) is 0 Å². The van der Waals surface area contributed by atoms with Crippen LogP contribution in [0.3, 0.4) is 0 Å². The zero-order valence-corrected chi connectivity index (χ0v) is 14.6. The topological polar surface area (TPSA) is 118 Å². The summed E-state index contributed by atoms with van der Waals surface area (Å²) in [5, 5.41) is 8.14. The highest BCUT2D eigenvalue weighted by molar-refractivity contribution is 9.11. The summed E-state index contributed by atoms with van der Waals surface area (Å²) >= 11 is 3.80. The number of carboxylic acids is 1. The molecule has 0 aliphatic carbocycles. The maximum atomic E-state index is 12.1. The van der Waals surface area contributed by atoms with Gasteiger partial charge >= 0.3 is 5.97 Å². The molecule has 0 amide bonds. The molecule has 7 nitrogen and oxygen atoms in total. The van der Waals surface area contributed by atoms with Crippen molar-refractivity contribution in [3.63, 3.8) is 0 Å². The molecule has 1 saturated heterocycles. The first kappa shape index (κ1) is 16.9. The second-order valence-corrected chi connectivity index (χ2v) is 11.0. The first-order valence-corrected chi connectivity index (χ1v) is 10.7.